The number of hydrogen-bond donors (Lipinski definition) is 3. The van der Waals surface area contributed by atoms with Gasteiger partial charge in [-0.2, -0.15) is 0 Å². The number of benzene rings is 1. The first-order chi connectivity index (χ1) is 8.36. The average molecular weight is 253 g/mol. The van der Waals surface area contributed by atoms with Crippen molar-refractivity contribution < 1.29 is 19.7 Å². The van der Waals surface area contributed by atoms with E-state index in [0.717, 1.165) is 11.1 Å². The molecular formula is C13H19NO4. The van der Waals surface area contributed by atoms with E-state index in [1.165, 1.54) is 7.11 Å². The molecule has 0 saturated carbocycles. The standard InChI is InChI=1S/C13H19NO4/c1-7-4-8(2)13(18-3)9(5-7)12(17)10(14)6-11(15)16/h4-5,10,12,17H,6,14H2,1-3H3,(H,15,16). The highest BCUT2D eigenvalue weighted by Crippen LogP contribution is 2.31. The molecule has 0 aliphatic rings. The summed E-state index contributed by atoms with van der Waals surface area (Å²) in [6.07, 6.45) is -1.35. The van der Waals surface area contributed by atoms with Gasteiger partial charge in [0.15, 0.2) is 0 Å². The maximum atomic E-state index is 10.6. The van der Waals surface area contributed by atoms with Crippen LogP contribution in [0.5, 0.6) is 5.75 Å². The minimum Gasteiger partial charge on any atom is -0.496 e. The van der Waals surface area contributed by atoms with Gasteiger partial charge >= 0.3 is 5.97 Å². The van der Waals surface area contributed by atoms with Gasteiger partial charge in [-0.05, 0) is 25.5 Å². The van der Waals surface area contributed by atoms with Gasteiger partial charge in [0.25, 0.3) is 0 Å². The summed E-state index contributed by atoms with van der Waals surface area (Å²) in [4.78, 5) is 10.6. The predicted octanol–water partition coefficient (Wildman–Crippen LogP) is 1.15. The Hall–Kier alpha value is -1.59. The van der Waals surface area contributed by atoms with Crippen molar-refractivity contribution in [3.8, 4) is 5.75 Å². The minimum atomic E-state index is -1.06. The number of hydrogen-bond acceptors (Lipinski definition) is 4. The Morgan fingerprint density at radius 2 is 2.06 bits per heavy atom. The Kier molecular flexibility index (Phi) is 4.69. The molecule has 1 aromatic rings. The maximum Gasteiger partial charge on any atom is 0.305 e. The largest absolute Gasteiger partial charge is 0.496 e. The van der Waals surface area contributed by atoms with E-state index in [0.29, 0.717) is 11.3 Å². The molecule has 0 aliphatic heterocycles. The zero-order valence-electron chi connectivity index (χ0n) is 10.8. The molecule has 18 heavy (non-hydrogen) atoms. The summed E-state index contributed by atoms with van der Waals surface area (Å²) in [5.41, 5.74) is 8.07. The molecule has 1 rings (SSSR count). The van der Waals surface area contributed by atoms with Crippen molar-refractivity contribution in [2.24, 2.45) is 5.73 Å². The fraction of sp³-hybridized carbons (Fsp3) is 0.462. The van der Waals surface area contributed by atoms with Crippen molar-refractivity contribution in [3.05, 3.63) is 28.8 Å². The molecule has 0 radical (unpaired) electrons. The van der Waals surface area contributed by atoms with Crippen LogP contribution in [0.2, 0.25) is 0 Å². The van der Waals surface area contributed by atoms with Crippen LogP contribution in [-0.2, 0) is 4.79 Å². The van der Waals surface area contributed by atoms with Crippen LogP contribution in [-0.4, -0.2) is 29.3 Å². The van der Waals surface area contributed by atoms with Crippen molar-refractivity contribution in [2.45, 2.75) is 32.4 Å². The Balaban J connectivity index is 3.11. The normalized spacial score (nSPS) is 14.1. The molecule has 0 aromatic heterocycles. The molecule has 5 heteroatoms. The lowest BCUT2D eigenvalue weighted by Gasteiger charge is -2.21. The van der Waals surface area contributed by atoms with Gasteiger partial charge in [0.1, 0.15) is 5.75 Å². The van der Waals surface area contributed by atoms with Crippen LogP contribution in [0.25, 0.3) is 0 Å². The van der Waals surface area contributed by atoms with Crippen LogP contribution in [0.3, 0.4) is 0 Å². The zero-order chi connectivity index (χ0) is 13.9. The smallest absolute Gasteiger partial charge is 0.305 e. The van der Waals surface area contributed by atoms with E-state index in [1.54, 1.807) is 6.07 Å². The second kappa shape index (κ2) is 5.84. The third-order valence-corrected chi connectivity index (χ3v) is 2.79. The van der Waals surface area contributed by atoms with Crippen LogP contribution < -0.4 is 10.5 Å². The highest BCUT2D eigenvalue weighted by Gasteiger charge is 2.23. The van der Waals surface area contributed by atoms with Crippen LogP contribution in [0.4, 0.5) is 0 Å². The van der Waals surface area contributed by atoms with Crippen LogP contribution in [0, 0.1) is 13.8 Å². The second-order valence-electron chi connectivity index (χ2n) is 4.41. The summed E-state index contributed by atoms with van der Waals surface area (Å²) in [5.74, 6) is -0.487. The minimum absolute atomic E-state index is 0.294. The highest BCUT2D eigenvalue weighted by atomic mass is 16.5. The molecule has 0 aliphatic carbocycles. The van der Waals surface area contributed by atoms with Gasteiger partial charge in [-0.3, -0.25) is 4.79 Å². The quantitative estimate of drug-likeness (QED) is 0.732. The van der Waals surface area contributed by atoms with Crippen LogP contribution in [0.15, 0.2) is 12.1 Å². The number of ether oxygens (including phenoxy) is 1. The zero-order valence-corrected chi connectivity index (χ0v) is 10.8. The van der Waals surface area contributed by atoms with Gasteiger partial charge in [-0.1, -0.05) is 11.6 Å². The van der Waals surface area contributed by atoms with Crippen LogP contribution in [0.1, 0.15) is 29.2 Å². The highest BCUT2D eigenvalue weighted by molar-refractivity contribution is 5.67. The molecule has 0 amide bonds. The van der Waals surface area contributed by atoms with E-state index in [9.17, 15) is 9.90 Å². The van der Waals surface area contributed by atoms with E-state index in [-0.39, 0.29) is 6.42 Å². The third kappa shape index (κ3) is 3.21. The van der Waals surface area contributed by atoms with E-state index < -0.39 is 18.1 Å². The molecule has 0 saturated heterocycles. The van der Waals surface area contributed by atoms with Gasteiger partial charge in [0.2, 0.25) is 0 Å². The number of aliphatic hydroxyl groups is 1. The summed E-state index contributed by atoms with van der Waals surface area (Å²) in [5, 5.41) is 18.8. The topological polar surface area (TPSA) is 92.8 Å². The van der Waals surface area contributed by atoms with Crippen molar-refractivity contribution >= 4 is 5.97 Å². The molecule has 100 valence electrons. The summed E-state index contributed by atoms with van der Waals surface area (Å²) in [6, 6.07) is 2.83. The lowest BCUT2D eigenvalue weighted by Crippen LogP contribution is -2.31. The number of methoxy groups -OCH3 is 1. The van der Waals surface area contributed by atoms with E-state index >= 15 is 0 Å². The van der Waals surface area contributed by atoms with E-state index in [4.69, 9.17) is 15.6 Å². The van der Waals surface area contributed by atoms with Crippen molar-refractivity contribution in [3.63, 3.8) is 0 Å². The number of aliphatic carboxylic acids is 1. The fourth-order valence-corrected chi connectivity index (χ4v) is 2.03. The lowest BCUT2D eigenvalue weighted by atomic mass is 9.96. The molecule has 0 fully saturated rings. The van der Waals surface area contributed by atoms with Crippen LogP contribution >= 0.6 is 0 Å². The first kappa shape index (κ1) is 14.5. The summed E-state index contributed by atoms with van der Waals surface area (Å²) >= 11 is 0. The van der Waals surface area contributed by atoms with Gasteiger partial charge < -0.3 is 20.7 Å². The number of aryl methyl sites for hydroxylation is 2. The molecule has 5 nitrogen and oxygen atoms in total. The number of aliphatic hydroxyl groups excluding tert-OH is 1. The Labute approximate surface area is 106 Å². The Bertz CT molecular complexity index is 445. The average Bonchev–Trinajstić information content (AvgIpc) is 2.26. The SMILES string of the molecule is COc1c(C)cc(C)cc1C(O)C(N)CC(=O)O. The van der Waals surface area contributed by atoms with E-state index in [1.807, 2.05) is 19.9 Å². The summed E-state index contributed by atoms with van der Waals surface area (Å²) in [7, 11) is 1.51. The fourth-order valence-electron chi connectivity index (χ4n) is 2.03. The first-order valence-electron chi connectivity index (χ1n) is 5.67. The molecule has 4 N–H and O–H groups in total. The predicted molar refractivity (Wildman–Crippen MR) is 67.7 cm³/mol. The number of carboxylic acid groups (broad SMARTS) is 1. The van der Waals surface area contributed by atoms with Gasteiger partial charge in [-0.25, -0.2) is 0 Å². The van der Waals surface area contributed by atoms with Gasteiger partial charge in [0.05, 0.1) is 19.6 Å². The summed E-state index contributed by atoms with van der Waals surface area (Å²) in [6.45, 7) is 3.76. The van der Waals surface area contributed by atoms with Crippen molar-refractivity contribution in [2.75, 3.05) is 7.11 Å². The number of nitrogens with two attached hydrogens (primary N) is 1. The van der Waals surface area contributed by atoms with Crippen molar-refractivity contribution in [1.82, 2.24) is 0 Å². The maximum absolute atomic E-state index is 10.6. The molecular weight excluding hydrogens is 234 g/mol. The first-order valence-corrected chi connectivity index (χ1v) is 5.67. The second-order valence-corrected chi connectivity index (χ2v) is 4.41. The molecule has 2 unspecified atom stereocenters. The van der Waals surface area contributed by atoms with Gasteiger partial charge in [-0.15, -0.1) is 0 Å². The van der Waals surface area contributed by atoms with Gasteiger partial charge in [0, 0.05) is 11.6 Å². The number of carboxylic acids is 1. The molecule has 0 bridgehead atoms. The number of carbonyl (C=O) groups is 1. The Morgan fingerprint density at radius 3 is 2.56 bits per heavy atom. The summed E-state index contributed by atoms with van der Waals surface area (Å²) < 4.78 is 5.24. The third-order valence-electron chi connectivity index (χ3n) is 2.79. The number of rotatable bonds is 5. The Morgan fingerprint density at radius 1 is 1.44 bits per heavy atom. The lowest BCUT2D eigenvalue weighted by molar-refractivity contribution is -0.138. The molecule has 2 atom stereocenters. The van der Waals surface area contributed by atoms with E-state index in [2.05, 4.69) is 0 Å². The molecule has 1 aromatic carbocycles. The monoisotopic (exact) mass is 253 g/mol. The molecule has 0 heterocycles. The molecule has 0 spiro atoms. The van der Waals surface area contributed by atoms with Crippen molar-refractivity contribution in [1.29, 1.82) is 0 Å².